The third-order valence-corrected chi connectivity index (χ3v) is 4.35. The van der Waals surface area contributed by atoms with Gasteiger partial charge in [0, 0.05) is 10.2 Å². The van der Waals surface area contributed by atoms with Gasteiger partial charge in [-0.25, -0.2) is 0 Å². The lowest BCUT2D eigenvalue weighted by Gasteiger charge is -2.20. The second kappa shape index (κ2) is 8.34. The van der Waals surface area contributed by atoms with E-state index >= 15 is 0 Å². The van der Waals surface area contributed by atoms with E-state index in [0.717, 1.165) is 21.3 Å². The Balaban J connectivity index is 2.11. The zero-order chi connectivity index (χ0) is 17.7. The van der Waals surface area contributed by atoms with E-state index in [0.29, 0.717) is 17.6 Å². The number of hydrogen-bond donors (Lipinski definition) is 1. The minimum Gasteiger partial charge on any atom is -0.484 e. The number of nitrogens with one attached hydrogen (secondary N) is 1. The third kappa shape index (κ3) is 4.84. The second-order valence-electron chi connectivity index (χ2n) is 6.41. The fourth-order valence-electron chi connectivity index (χ4n) is 2.55. The van der Waals surface area contributed by atoms with Crippen molar-refractivity contribution in [2.45, 2.75) is 39.5 Å². The van der Waals surface area contributed by atoms with Gasteiger partial charge in [0.1, 0.15) is 5.75 Å². The normalized spacial score (nSPS) is 11.0. The number of hydrogen-bond acceptors (Lipinski definition) is 2. The fourth-order valence-corrected chi connectivity index (χ4v) is 2.81. The standard InChI is InChI=1S/C20H24BrNO2/c1-13(2)17-6-5-7-18(14(3)4)20(17)22-19(23)12-24-16-10-8-15(21)9-11-16/h5-11,13-14H,12H2,1-4H3,(H,22,23). The third-order valence-electron chi connectivity index (χ3n) is 3.82. The highest BCUT2D eigenvalue weighted by Crippen LogP contribution is 2.32. The monoisotopic (exact) mass is 389 g/mol. The van der Waals surface area contributed by atoms with E-state index in [2.05, 4.69) is 67.1 Å². The van der Waals surface area contributed by atoms with Crippen LogP contribution in [0.25, 0.3) is 0 Å². The second-order valence-corrected chi connectivity index (χ2v) is 7.33. The summed E-state index contributed by atoms with van der Waals surface area (Å²) in [4.78, 5) is 12.4. The van der Waals surface area contributed by atoms with Crippen molar-refractivity contribution >= 4 is 27.5 Å². The number of ether oxygens (including phenoxy) is 1. The van der Waals surface area contributed by atoms with Crippen LogP contribution in [0, 0.1) is 0 Å². The summed E-state index contributed by atoms with van der Waals surface area (Å²) in [6.07, 6.45) is 0. The molecule has 1 amide bonds. The molecule has 0 saturated carbocycles. The van der Waals surface area contributed by atoms with Crippen LogP contribution in [0.4, 0.5) is 5.69 Å². The van der Waals surface area contributed by atoms with Crippen LogP contribution in [0.15, 0.2) is 46.9 Å². The first kappa shape index (κ1) is 18.5. The molecule has 0 aliphatic carbocycles. The van der Waals surface area contributed by atoms with Gasteiger partial charge in [-0.1, -0.05) is 61.8 Å². The van der Waals surface area contributed by atoms with Crippen molar-refractivity contribution in [3.63, 3.8) is 0 Å². The number of para-hydroxylation sites is 1. The van der Waals surface area contributed by atoms with Crippen LogP contribution in [0.2, 0.25) is 0 Å². The van der Waals surface area contributed by atoms with Crippen LogP contribution < -0.4 is 10.1 Å². The SMILES string of the molecule is CC(C)c1cccc(C(C)C)c1NC(=O)COc1ccc(Br)cc1. The van der Waals surface area contributed by atoms with Crippen LogP contribution in [0.5, 0.6) is 5.75 Å². The molecule has 0 aromatic heterocycles. The van der Waals surface area contributed by atoms with Gasteiger partial charge < -0.3 is 10.1 Å². The maximum absolute atomic E-state index is 12.4. The average molecular weight is 390 g/mol. The molecule has 0 bridgehead atoms. The fraction of sp³-hybridized carbons (Fsp3) is 0.350. The van der Waals surface area contributed by atoms with Gasteiger partial charge in [-0.05, 0) is 47.2 Å². The number of carbonyl (C=O) groups is 1. The molecule has 2 aromatic rings. The van der Waals surface area contributed by atoms with Gasteiger partial charge in [0.05, 0.1) is 0 Å². The summed E-state index contributed by atoms with van der Waals surface area (Å²) in [7, 11) is 0. The Morgan fingerprint density at radius 2 is 1.54 bits per heavy atom. The molecule has 128 valence electrons. The summed E-state index contributed by atoms with van der Waals surface area (Å²) in [5.41, 5.74) is 3.23. The molecule has 0 aliphatic rings. The number of amides is 1. The van der Waals surface area contributed by atoms with Crippen molar-refractivity contribution in [2.75, 3.05) is 11.9 Å². The van der Waals surface area contributed by atoms with Gasteiger partial charge in [-0.15, -0.1) is 0 Å². The Hall–Kier alpha value is -1.81. The van der Waals surface area contributed by atoms with Crippen molar-refractivity contribution in [3.05, 3.63) is 58.1 Å². The molecule has 0 saturated heterocycles. The minimum absolute atomic E-state index is 0.00834. The maximum atomic E-state index is 12.4. The predicted octanol–water partition coefficient (Wildman–Crippen LogP) is 5.71. The van der Waals surface area contributed by atoms with Crippen molar-refractivity contribution in [3.8, 4) is 5.75 Å². The molecular formula is C20H24BrNO2. The van der Waals surface area contributed by atoms with Crippen LogP contribution in [0.1, 0.15) is 50.7 Å². The Kier molecular flexibility index (Phi) is 6.44. The summed E-state index contributed by atoms with van der Waals surface area (Å²) in [6.45, 7) is 8.52. The van der Waals surface area contributed by atoms with E-state index in [1.165, 1.54) is 0 Å². The smallest absolute Gasteiger partial charge is 0.262 e. The summed E-state index contributed by atoms with van der Waals surface area (Å²) >= 11 is 3.38. The quantitative estimate of drug-likeness (QED) is 0.686. The Bertz CT molecular complexity index is 667. The number of rotatable bonds is 6. The molecule has 4 heteroatoms. The number of anilines is 1. The Labute approximate surface area is 152 Å². The lowest BCUT2D eigenvalue weighted by molar-refractivity contribution is -0.118. The molecule has 1 N–H and O–H groups in total. The minimum atomic E-state index is -0.145. The lowest BCUT2D eigenvalue weighted by atomic mass is 9.92. The lowest BCUT2D eigenvalue weighted by Crippen LogP contribution is -2.22. The highest BCUT2D eigenvalue weighted by molar-refractivity contribution is 9.10. The van der Waals surface area contributed by atoms with Gasteiger partial charge >= 0.3 is 0 Å². The topological polar surface area (TPSA) is 38.3 Å². The Morgan fingerprint density at radius 1 is 1.00 bits per heavy atom. The predicted molar refractivity (Wildman–Crippen MR) is 103 cm³/mol. The van der Waals surface area contributed by atoms with Gasteiger partial charge in [-0.3, -0.25) is 4.79 Å². The molecule has 2 rings (SSSR count). The van der Waals surface area contributed by atoms with Crippen LogP contribution >= 0.6 is 15.9 Å². The largest absolute Gasteiger partial charge is 0.484 e. The average Bonchev–Trinajstić information content (AvgIpc) is 2.54. The van der Waals surface area contributed by atoms with E-state index in [1.807, 2.05) is 24.3 Å². The van der Waals surface area contributed by atoms with Gasteiger partial charge in [0.15, 0.2) is 6.61 Å². The molecule has 0 aliphatic heterocycles. The summed E-state index contributed by atoms with van der Waals surface area (Å²) in [5.74, 6) is 1.21. The number of halogens is 1. The van der Waals surface area contributed by atoms with E-state index < -0.39 is 0 Å². The van der Waals surface area contributed by atoms with Crippen molar-refractivity contribution in [1.29, 1.82) is 0 Å². The van der Waals surface area contributed by atoms with Crippen molar-refractivity contribution in [2.24, 2.45) is 0 Å². The molecule has 0 unspecified atom stereocenters. The van der Waals surface area contributed by atoms with Crippen LogP contribution in [0.3, 0.4) is 0 Å². The van der Waals surface area contributed by atoms with Gasteiger partial charge in [0.2, 0.25) is 0 Å². The number of carbonyl (C=O) groups excluding carboxylic acids is 1. The summed E-state index contributed by atoms with van der Waals surface area (Å²) in [5, 5.41) is 3.05. The van der Waals surface area contributed by atoms with Gasteiger partial charge in [0.25, 0.3) is 5.91 Å². The highest BCUT2D eigenvalue weighted by Gasteiger charge is 2.16. The first-order chi connectivity index (χ1) is 11.4. The number of benzene rings is 2. The molecule has 0 radical (unpaired) electrons. The maximum Gasteiger partial charge on any atom is 0.262 e. The molecular weight excluding hydrogens is 366 g/mol. The zero-order valence-corrected chi connectivity index (χ0v) is 16.2. The zero-order valence-electron chi connectivity index (χ0n) is 14.6. The molecule has 0 atom stereocenters. The summed E-state index contributed by atoms with van der Waals surface area (Å²) in [6, 6.07) is 13.6. The van der Waals surface area contributed by atoms with E-state index in [1.54, 1.807) is 0 Å². The molecule has 0 heterocycles. The molecule has 24 heavy (non-hydrogen) atoms. The first-order valence-corrected chi connectivity index (χ1v) is 8.98. The highest BCUT2D eigenvalue weighted by atomic mass is 79.9. The van der Waals surface area contributed by atoms with Crippen LogP contribution in [-0.4, -0.2) is 12.5 Å². The van der Waals surface area contributed by atoms with Crippen molar-refractivity contribution in [1.82, 2.24) is 0 Å². The molecule has 0 fully saturated rings. The van der Waals surface area contributed by atoms with E-state index in [9.17, 15) is 4.79 Å². The Morgan fingerprint density at radius 3 is 2.04 bits per heavy atom. The van der Waals surface area contributed by atoms with E-state index in [4.69, 9.17) is 4.74 Å². The van der Waals surface area contributed by atoms with Crippen molar-refractivity contribution < 1.29 is 9.53 Å². The summed E-state index contributed by atoms with van der Waals surface area (Å²) < 4.78 is 6.54. The van der Waals surface area contributed by atoms with E-state index in [-0.39, 0.29) is 12.5 Å². The molecule has 2 aromatic carbocycles. The van der Waals surface area contributed by atoms with Crippen LogP contribution in [-0.2, 0) is 4.79 Å². The molecule has 3 nitrogen and oxygen atoms in total. The molecule has 0 spiro atoms. The first-order valence-electron chi connectivity index (χ1n) is 8.19. The van der Waals surface area contributed by atoms with Gasteiger partial charge in [-0.2, -0.15) is 0 Å².